The van der Waals surface area contributed by atoms with Crippen LogP contribution in [0, 0.1) is 5.82 Å². The molecule has 20 heavy (non-hydrogen) atoms. The summed E-state index contributed by atoms with van der Waals surface area (Å²) in [5.74, 6) is -2.92. The van der Waals surface area contributed by atoms with E-state index in [9.17, 15) is 17.6 Å². The lowest BCUT2D eigenvalue weighted by Crippen LogP contribution is -2.26. The Labute approximate surface area is 121 Å². The zero-order valence-corrected chi connectivity index (χ0v) is 12.1. The lowest BCUT2D eigenvalue weighted by Gasteiger charge is -2.09. The lowest BCUT2D eigenvalue weighted by molar-refractivity contribution is 0.0691. The van der Waals surface area contributed by atoms with Gasteiger partial charge in [-0.2, -0.15) is 0 Å². The molecule has 0 fully saturated rings. The SMILES string of the molecule is C/C=C/CCNS(=O)(=O)c1cc(Cl)cc(C(=O)O)c1F. The Balaban J connectivity index is 3.15. The summed E-state index contributed by atoms with van der Waals surface area (Å²) in [4.78, 5) is 10.1. The molecule has 0 saturated carbocycles. The smallest absolute Gasteiger partial charge is 0.338 e. The predicted octanol–water partition coefficient (Wildman–Crippen LogP) is 2.42. The third kappa shape index (κ3) is 4.03. The van der Waals surface area contributed by atoms with Crippen molar-refractivity contribution in [2.75, 3.05) is 6.54 Å². The third-order valence-electron chi connectivity index (χ3n) is 2.36. The van der Waals surface area contributed by atoms with E-state index in [1.54, 1.807) is 19.1 Å². The Bertz CT molecular complexity index is 643. The fourth-order valence-electron chi connectivity index (χ4n) is 1.44. The Morgan fingerprint density at radius 3 is 2.70 bits per heavy atom. The van der Waals surface area contributed by atoms with Gasteiger partial charge in [0.05, 0.1) is 5.56 Å². The van der Waals surface area contributed by atoms with Crippen LogP contribution in [0.15, 0.2) is 29.2 Å². The first-order valence-electron chi connectivity index (χ1n) is 5.62. The van der Waals surface area contributed by atoms with Crippen molar-refractivity contribution in [3.8, 4) is 0 Å². The van der Waals surface area contributed by atoms with Crippen LogP contribution in [0.5, 0.6) is 0 Å². The Morgan fingerprint density at radius 2 is 2.15 bits per heavy atom. The van der Waals surface area contributed by atoms with Crippen LogP contribution in [-0.2, 0) is 10.0 Å². The van der Waals surface area contributed by atoms with E-state index in [4.69, 9.17) is 16.7 Å². The first kappa shape index (κ1) is 16.6. The van der Waals surface area contributed by atoms with Gasteiger partial charge in [-0.05, 0) is 25.5 Å². The van der Waals surface area contributed by atoms with Crippen LogP contribution in [0.2, 0.25) is 5.02 Å². The third-order valence-corrected chi connectivity index (χ3v) is 4.04. The molecule has 0 spiro atoms. The van der Waals surface area contributed by atoms with Gasteiger partial charge in [0.1, 0.15) is 4.90 Å². The van der Waals surface area contributed by atoms with Gasteiger partial charge in [0.2, 0.25) is 10.0 Å². The molecule has 0 heterocycles. The van der Waals surface area contributed by atoms with Crippen molar-refractivity contribution in [3.05, 3.63) is 40.7 Å². The lowest BCUT2D eigenvalue weighted by atomic mass is 10.2. The maximum Gasteiger partial charge on any atom is 0.338 e. The van der Waals surface area contributed by atoms with Crippen LogP contribution in [0.25, 0.3) is 0 Å². The number of allylic oxidation sites excluding steroid dienone is 1. The second-order valence-corrected chi connectivity index (χ2v) is 6.00. The highest BCUT2D eigenvalue weighted by molar-refractivity contribution is 7.89. The largest absolute Gasteiger partial charge is 0.478 e. The van der Waals surface area contributed by atoms with E-state index in [0.717, 1.165) is 12.1 Å². The van der Waals surface area contributed by atoms with Crippen molar-refractivity contribution in [2.24, 2.45) is 0 Å². The van der Waals surface area contributed by atoms with Crippen molar-refractivity contribution in [2.45, 2.75) is 18.2 Å². The summed E-state index contributed by atoms with van der Waals surface area (Å²) in [5.41, 5.74) is -0.786. The average molecular weight is 322 g/mol. The molecule has 0 radical (unpaired) electrons. The highest BCUT2D eigenvalue weighted by Crippen LogP contribution is 2.23. The fraction of sp³-hybridized carbons (Fsp3) is 0.250. The van der Waals surface area contributed by atoms with Crippen LogP contribution in [0.4, 0.5) is 4.39 Å². The molecule has 110 valence electrons. The molecule has 1 aromatic rings. The van der Waals surface area contributed by atoms with Crippen molar-refractivity contribution >= 4 is 27.6 Å². The van der Waals surface area contributed by atoms with Crippen LogP contribution in [-0.4, -0.2) is 26.0 Å². The van der Waals surface area contributed by atoms with E-state index in [2.05, 4.69) is 4.72 Å². The summed E-state index contributed by atoms with van der Waals surface area (Å²) < 4.78 is 39.9. The number of rotatable bonds is 6. The molecule has 0 aliphatic rings. The average Bonchev–Trinajstić information content (AvgIpc) is 2.36. The number of nitrogens with one attached hydrogen (secondary N) is 1. The minimum Gasteiger partial charge on any atom is -0.478 e. The fourth-order valence-corrected chi connectivity index (χ4v) is 2.89. The quantitative estimate of drug-likeness (QED) is 0.622. The summed E-state index contributed by atoms with van der Waals surface area (Å²) in [7, 11) is -4.16. The second kappa shape index (κ2) is 6.83. The highest BCUT2D eigenvalue weighted by atomic mass is 35.5. The number of carboxylic acid groups (broad SMARTS) is 1. The van der Waals surface area contributed by atoms with E-state index in [0.29, 0.717) is 6.42 Å². The van der Waals surface area contributed by atoms with Gasteiger partial charge in [-0.3, -0.25) is 0 Å². The van der Waals surface area contributed by atoms with Gasteiger partial charge in [-0.15, -0.1) is 0 Å². The first-order valence-corrected chi connectivity index (χ1v) is 7.49. The number of aromatic carboxylic acids is 1. The minimum atomic E-state index is -4.16. The molecule has 8 heteroatoms. The van der Waals surface area contributed by atoms with Crippen molar-refractivity contribution in [1.82, 2.24) is 4.72 Å². The van der Waals surface area contributed by atoms with E-state index in [1.807, 2.05) is 0 Å². The molecule has 0 aliphatic carbocycles. The minimum absolute atomic E-state index is 0.0705. The van der Waals surface area contributed by atoms with Crippen molar-refractivity contribution < 1.29 is 22.7 Å². The molecule has 0 saturated heterocycles. The topological polar surface area (TPSA) is 83.5 Å². The van der Waals surface area contributed by atoms with Gasteiger partial charge in [-0.1, -0.05) is 23.8 Å². The molecule has 0 bridgehead atoms. The maximum absolute atomic E-state index is 13.9. The number of hydrogen-bond acceptors (Lipinski definition) is 3. The summed E-state index contributed by atoms with van der Waals surface area (Å²) in [6.45, 7) is 1.85. The molecule has 1 rings (SSSR count). The van der Waals surface area contributed by atoms with E-state index in [-0.39, 0.29) is 11.6 Å². The van der Waals surface area contributed by atoms with Crippen LogP contribution < -0.4 is 4.72 Å². The summed E-state index contributed by atoms with van der Waals surface area (Å²) >= 11 is 5.62. The number of halogens is 2. The molecule has 0 atom stereocenters. The van der Waals surface area contributed by atoms with Crippen LogP contribution in [0.3, 0.4) is 0 Å². The molecular formula is C12H13ClFNO4S. The molecular weight excluding hydrogens is 309 g/mol. The summed E-state index contributed by atoms with van der Waals surface area (Å²) in [6, 6.07) is 1.74. The second-order valence-electron chi connectivity index (χ2n) is 3.83. The van der Waals surface area contributed by atoms with Gasteiger partial charge in [0.25, 0.3) is 0 Å². The summed E-state index contributed by atoms with van der Waals surface area (Å²) in [5, 5.41) is 8.63. The molecule has 1 aromatic carbocycles. The zero-order valence-electron chi connectivity index (χ0n) is 10.6. The zero-order chi connectivity index (χ0) is 15.3. The molecule has 0 aromatic heterocycles. The number of benzene rings is 1. The monoisotopic (exact) mass is 321 g/mol. The van der Waals surface area contributed by atoms with Crippen LogP contribution in [0.1, 0.15) is 23.7 Å². The summed E-state index contributed by atoms with van der Waals surface area (Å²) in [6.07, 6.45) is 3.92. The normalized spacial score (nSPS) is 11.9. The maximum atomic E-state index is 13.9. The number of sulfonamides is 1. The van der Waals surface area contributed by atoms with Crippen molar-refractivity contribution in [3.63, 3.8) is 0 Å². The van der Waals surface area contributed by atoms with E-state index in [1.165, 1.54) is 0 Å². The molecule has 0 aliphatic heterocycles. The van der Waals surface area contributed by atoms with Gasteiger partial charge >= 0.3 is 5.97 Å². The Morgan fingerprint density at radius 1 is 1.50 bits per heavy atom. The molecule has 0 amide bonds. The predicted molar refractivity (Wildman–Crippen MR) is 73.0 cm³/mol. The number of carbonyl (C=O) groups is 1. The number of hydrogen-bond donors (Lipinski definition) is 2. The standard InChI is InChI=1S/C12H13ClFNO4S/c1-2-3-4-5-15-20(18,19)10-7-8(13)6-9(11(10)14)12(16)17/h2-3,6-7,15H,4-5H2,1H3,(H,16,17)/b3-2+. The van der Waals surface area contributed by atoms with Gasteiger partial charge < -0.3 is 5.11 Å². The first-order chi connectivity index (χ1) is 9.29. The molecule has 2 N–H and O–H groups in total. The van der Waals surface area contributed by atoms with Gasteiger partial charge in [0.15, 0.2) is 5.82 Å². The van der Waals surface area contributed by atoms with E-state index < -0.39 is 32.3 Å². The van der Waals surface area contributed by atoms with Gasteiger partial charge in [0, 0.05) is 11.6 Å². The number of carboxylic acids is 1. The molecule has 5 nitrogen and oxygen atoms in total. The Hall–Kier alpha value is -1.44. The van der Waals surface area contributed by atoms with Crippen molar-refractivity contribution in [1.29, 1.82) is 0 Å². The Kier molecular flexibility index (Phi) is 5.67. The molecule has 0 unspecified atom stereocenters. The van der Waals surface area contributed by atoms with E-state index >= 15 is 0 Å². The van der Waals surface area contributed by atoms with Gasteiger partial charge in [-0.25, -0.2) is 22.3 Å². The van der Waals surface area contributed by atoms with Crippen LogP contribution >= 0.6 is 11.6 Å². The highest BCUT2D eigenvalue weighted by Gasteiger charge is 2.24.